The highest BCUT2D eigenvalue weighted by Crippen LogP contribution is 2.32. The number of para-hydroxylation sites is 2. The average Bonchev–Trinajstić information content (AvgIpc) is 3.14. The Hall–Kier alpha value is -2.51. The molecular weight excluding hydrogens is 394 g/mol. The fourth-order valence-corrected chi connectivity index (χ4v) is 3.99. The van der Waals surface area contributed by atoms with Gasteiger partial charge in [0.15, 0.2) is 5.16 Å². The van der Waals surface area contributed by atoms with Crippen LogP contribution in [-0.4, -0.2) is 40.5 Å². The molecule has 146 valence electrons. The van der Waals surface area contributed by atoms with Crippen molar-refractivity contribution in [1.82, 2.24) is 14.8 Å². The molecule has 6 nitrogen and oxygen atoms in total. The number of hydrogen-bond acceptors (Lipinski definition) is 5. The zero-order valence-electron chi connectivity index (χ0n) is 16.0. The van der Waals surface area contributed by atoms with E-state index >= 15 is 0 Å². The predicted molar refractivity (Wildman–Crippen MR) is 116 cm³/mol. The van der Waals surface area contributed by atoms with Gasteiger partial charge in [-0.25, -0.2) is 0 Å². The van der Waals surface area contributed by atoms with E-state index in [2.05, 4.69) is 28.5 Å². The van der Waals surface area contributed by atoms with Gasteiger partial charge in [0.05, 0.1) is 27.8 Å². The highest BCUT2D eigenvalue weighted by molar-refractivity contribution is 7.99. The van der Waals surface area contributed by atoms with Crippen molar-refractivity contribution >= 4 is 40.6 Å². The number of nitrogens with zero attached hydrogens (tertiary/aromatic N) is 4. The third kappa shape index (κ3) is 4.48. The Balaban J connectivity index is 1.72. The summed E-state index contributed by atoms with van der Waals surface area (Å²) in [5, 5.41) is 12.4. The first-order valence-electron chi connectivity index (χ1n) is 8.88. The zero-order valence-corrected chi connectivity index (χ0v) is 17.6. The molecule has 0 aliphatic heterocycles. The van der Waals surface area contributed by atoms with Crippen LogP contribution < -0.4 is 10.2 Å². The van der Waals surface area contributed by atoms with Crippen molar-refractivity contribution in [2.75, 3.05) is 30.1 Å². The van der Waals surface area contributed by atoms with Crippen molar-refractivity contribution in [3.8, 4) is 5.69 Å². The SMILES string of the molecule is CCc1ccccc1-n1cnnc1SCC(=O)Nc1cccc(Cl)c1N(C)C. The third-order valence-corrected chi connectivity index (χ3v) is 5.44. The molecule has 3 rings (SSSR count). The van der Waals surface area contributed by atoms with Crippen LogP contribution >= 0.6 is 23.4 Å². The number of benzene rings is 2. The number of aryl methyl sites for hydroxylation is 1. The van der Waals surface area contributed by atoms with Crippen LogP contribution in [0.4, 0.5) is 11.4 Å². The van der Waals surface area contributed by atoms with E-state index in [1.807, 2.05) is 53.9 Å². The largest absolute Gasteiger partial charge is 0.375 e. The van der Waals surface area contributed by atoms with Crippen LogP contribution in [0.5, 0.6) is 0 Å². The Labute approximate surface area is 173 Å². The van der Waals surface area contributed by atoms with Crippen molar-refractivity contribution < 1.29 is 4.79 Å². The lowest BCUT2D eigenvalue weighted by Crippen LogP contribution is -2.18. The van der Waals surface area contributed by atoms with Gasteiger partial charge in [-0.3, -0.25) is 9.36 Å². The summed E-state index contributed by atoms with van der Waals surface area (Å²) in [7, 11) is 3.78. The zero-order chi connectivity index (χ0) is 20.1. The fraction of sp³-hybridized carbons (Fsp3) is 0.250. The maximum absolute atomic E-state index is 12.5. The number of nitrogens with one attached hydrogen (secondary N) is 1. The first-order chi connectivity index (χ1) is 13.5. The van der Waals surface area contributed by atoms with Crippen molar-refractivity contribution in [2.45, 2.75) is 18.5 Å². The number of carbonyl (C=O) groups is 1. The summed E-state index contributed by atoms with van der Waals surface area (Å²) in [4.78, 5) is 14.4. The third-order valence-electron chi connectivity index (χ3n) is 4.19. The van der Waals surface area contributed by atoms with Crippen LogP contribution in [-0.2, 0) is 11.2 Å². The molecule has 0 radical (unpaired) electrons. The molecule has 0 spiro atoms. The van der Waals surface area contributed by atoms with Gasteiger partial charge in [0.25, 0.3) is 0 Å². The van der Waals surface area contributed by atoms with Crippen LogP contribution in [0.3, 0.4) is 0 Å². The fourth-order valence-electron chi connectivity index (χ4n) is 2.92. The van der Waals surface area contributed by atoms with E-state index in [9.17, 15) is 4.79 Å². The Morgan fingerprint density at radius 1 is 1.21 bits per heavy atom. The number of aromatic nitrogens is 3. The lowest BCUT2D eigenvalue weighted by Gasteiger charge is -2.19. The highest BCUT2D eigenvalue weighted by atomic mass is 35.5. The van der Waals surface area contributed by atoms with Gasteiger partial charge in [-0.15, -0.1) is 10.2 Å². The van der Waals surface area contributed by atoms with Crippen LogP contribution in [0, 0.1) is 0 Å². The van der Waals surface area contributed by atoms with Crippen molar-refractivity contribution in [2.24, 2.45) is 0 Å². The molecule has 0 aliphatic carbocycles. The second-order valence-corrected chi connectivity index (χ2v) is 7.68. The molecule has 0 saturated carbocycles. The molecule has 1 aromatic heterocycles. The van der Waals surface area contributed by atoms with Crippen LogP contribution in [0.25, 0.3) is 5.69 Å². The summed E-state index contributed by atoms with van der Waals surface area (Å²) in [5.41, 5.74) is 3.69. The topological polar surface area (TPSA) is 63.1 Å². The summed E-state index contributed by atoms with van der Waals surface area (Å²) in [5.74, 6) is 0.0838. The molecule has 1 N–H and O–H groups in total. The van der Waals surface area contributed by atoms with Crippen molar-refractivity contribution in [3.05, 3.63) is 59.4 Å². The van der Waals surface area contributed by atoms with E-state index in [1.54, 1.807) is 12.4 Å². The molecule has 3 aromatic rings. The van der Waals surface area contributed by atoms with Crippen LogP contribution in [0.15, 0.2) is 53.9 Å². The summed E-state index contributed by atoms with van der Waals surface area (Å²) in [6.07, 6.45) is 2.58. The van der Waals surface area contributed by atoms with E-state index in [4.69, 9.17) is 11.6 Å². The van der Waals surface area contributed by atoms with Gasteiger partial charge in [-0.2, -0.15) is 0 Å². The van der Waals surface area contributed by atoms with Gasteiger partial charge < -0.3 is 10.2 Å². The molecular formula is C20H22ClN5OS. The number of thioether (sulfide) groups is 1. The van der Waals surface area contributed by atoms with Crippen molar-refractivity contribution in [1.29, 1.82) is 0 Å². The monoisotopic (exact) mass is 415 g/mol. The van der Waals surface area contributed by atoms with Gasteiger partial charge in [0, 0.05) is 14.1 Å². The molecule has 0 aliphatic rings. The second-order valence-electron chi connectivity index (χ2n) is 6.33. The first kappa shape index (κ1) is 20.2. The van der Waals surface area contributed by atoms with E-state index in [1.165, 1.54) is 17.3 Å². The molecule has 0 unspecified atom stereocenters. The average molecular weight is 416 g/mol. The Kier molecular flexibility index (Phi) is 6.59. The summed E-state index contributed by atoms with van der Waals surface area (Å²) >= 11 is 7.61. The maximum Gasteiger partial charge on any atom is 0.234 e. The van der Waals surface area contributed by atoms with Gasteiger partial charge >= 0.3 is 0 Å². The number of carbonyl (C=O) groups excluding carboxylic acids is 1. The highest BCUT2D eigenvalue weighted by Gasteiger charge is 2.15. The quantitative estimate of drug-likeness (QED) is 0.583. The molecule has 0 fully saturated rings. The minimum absolute atomic E-state index is 0.131. The smallest absolute Gasteiger partial charge is 0.234 e. The Morgan fingerprint density at radius 3 is 2.75 bits per heavy atom. The summed E-state index contributed by atoms with van der Waals surface area (Å²) in [6.45, 7) is 2.11. The number of amides is 1. The number of hydrogen-bond donors (Lipinski definition) is 1. The van der Waals surface area contributed by atoms with E-state index < -0.39 is 0 Å². The Bertz CT molecular complexity index is 973. The van der Waals surface area contributed by atoms with Gasteiger partial charge in [0.1, 0.15) is 6.33 Å². The van der Waals surface area contributed by atoms with Crippen LogP contribution in [0.2, 0.25) is 5.02 Å². The van der Waals surface area contributed by atoms with Crippen LogP contribution in [0.1, 0.15) is 12.5 Å². The van der Waals surface area contributed by atoms with Gasteiger partial charge in [-0.05, 0) is 30.2 Å². The number of anilines is 2. The second kappa shape index (κ2) is 9.12. The molecule has 0 bridgehead atoms. The molecule has 8 heteroatoms. The maximum atomic E-state index is 12.5. The lowest BCUT2D eigenvalue weighted by atomic mass is 10.1. The number of rotatable bonds is 7. The lowest BCUT2D eigenvalue weighted by molar-refractivity contribution is -0.113. The molecule has 0 atom stereocenters. The molecule has 28 heavy (non-hydrogen) atoms. The number of halogens is 1. The van der Waals surface area contributed by atoms with Crippen molar-refractivity contribution in [3.63, 3.8) is 0 Å². The van der Waals surface area contributed by atoms with Gasteiger partial charge in [-0.1, -0.05) is 54.6 Å². The standard InChI is InChI=1S/C20H22ClN5OS/c1-4-14-8-5-6-11-17(14)26-13-22-24-20(26)28-12-18(27)23-16-10-7-9-15(21)19(16)25(2)3/h5-11,13H,4,12H2,1-3H3,(H,23,27). The normalized spacial score (nSPS) is 10.7. The first-order valence-corrected chi connectivity index (χ1v) is 10.2. The van der Waals surface area contributed by atoms with E-state index in [0.717, 1.165) is 17.8 Å². The minimum Gasteiger partial charge on any atom is -0.375 e. The summed E-state index contributed by atoms with van der Waals surface area (Å²) in [6, 6.07) is 13.6. The van der Waals surface area contributed by atoms with Gasteiger partial charge in [0.2, 0.25) is 5.91 Å². The predicted octanol–water partition coefficient (Wildman–Crippen LogP) is 4.28. The van der Waals surface area contributed by atoms with E-state index in [-0.39, 0.29) is 11.7 Å². The van der Waals surface area contributed by atoms with E-state index in [0.29, 0.717) is 15.9 Å². The summed E-state index contributed by atoms with van der Waals surface area (Å²) < 4.78 is 1.92. The minimum atomic E-state index is -0.131. The molecule has 0 saturated heterocycles. The molecule has 1 amide bonds. The Morgan fingerprint density at radius 2 is 2.00 bits per heavy atom. The molecule has 1 heterocycles. The molecule has 2 aromatic carbocycles.